The highest BCUT2D eigenvalue weighted by Crippen LogP contribution is 2.44. The van der Waals surface area contributed by atoms with Crippen LogP contribution in [-0.4, -0.2) is 62.8 Å². The first-order valence-electron chi connectivity index (χ1n) is 19.2. The largest absolute Gasteiger partial charge is 0.455 e. The van der Waals surface area contributed by atoms with Crippen LogP contribution in [0, 0.1) is 0 Å². The summed E-state index contributed by atoms with van der Waals surface area (Å²) in [5, 5.41) is 10.9. The second-order valence-electron chi connectivity index (χ2n) is 15.3. The Morgan fingerprint density at radius 3 is 1.41 bits per heavy atom. The van der Waals surface area contributed by atoms with Crippen molar-refractivity contribution in [3.05, 3.63) is 133 Å². The molecule has 1 heterocycles. The third kappa shape index (κ3) is 5.10. The molecule has 0 aliphatic rings. The van der Waals surface area contributed by atoms with E-state index in [1.807, 2.05) is 36.4 Å². The zero-order valence-corrected chi connectivity index (χ0v) is 31.7. The fraction of sp³-hybridized carbons (Fsp3) is 0. The topological polar surface area (TPSA) is 13.1 Å². The van der Waals surface area contributed by atoms with Gasteiger partial charge in [0.25, 0.3) is 0 Å². The molecule has 0 bridgehead atoms. The molecule has 59 heavy (non-hydrogen) atoms. The molecule has 1 aromatic heterocycles. The predicted octanol–water partition coefficient (Wildman–Crippen LogP) is 4.70. The van der Waals surface area contributed by atoms with Gasteiger partial charge in [0.15, 0.2) is 0 Å². The minimum Gasteiger partial charge on any atom is -0.455 e. The van der Waals surface area contributed by atoms with E-state index in [1.54, 1.807) is 0 Å². The van der Waals surface area contributed by atoms with Crippen molar-refractivity contribution in [3.63, 3.8) is 0 Å². The van der Waals surface area contributed by atoms with Crippen LogP contribution in [0.5, 0.6) is 0 Å². The van der Waals surface area contributed by atoms with Crippen LogP contribution in [0.4, 0.5) is 0 Å². The zero-order chi connectivity index (χ0) is 40.4. The van der Waals surface area contributed by atoms with Crippen LogP contribution in [0.3, 0.4) is 0 Å². The third-order valence-electron chi connectivity index (χ3n) is 12.2. The van der Waals surface area contributed by atoms with Gasteiger partial charge in [0, 0.05) is 16.2 Å². The minimum absolute atomic E-state index is 0.163. The zero-order valence-electron chi connectivity index (χ0n) is 31.7. The molecule has 0 aliphatic heterocycles. The Bertz CT molecular complexity index is 3560. The summed E-state index contributed by atoms with van der Waals surface area (Å²) in [6.07, 6.45) is 0. The van der Waals surface area contributed by atoms with Crippen LogP contribution in [0.2, 0.25) is 0 Å². The van der Waals surface area contributed by atoms with Crippen molar-refractivity contribution in [1.29, 1.82) is 0 Å². The number of furan rings is 1. The molecule has 0 saturated carbocycles. The molecule has 11 rings (SSSR count). The normalized spacial score (nSPS) is 11.9. The lowest BCUT2D eigenvalue weighted by atomic mass is 9.59. The van der Waals surface area contributed by atoms with E-state index in [9.17, 15) is 0 Å². The Balaban J connectivity index is 1.24. The van der Waals surface area contributed by atoms with Crippen molar-refractivity contribution < 1.29 is 4.42 Å². The van der Waals surface area contributed by atoms with E-state index in [-0.39, 0.29) is 43.7 Å². The summed E-state index contributed by atoms with van der Waals surface area (Å²) >= 11 is 0. The highest BCUT2D eigenvalue weighted by atomic mass is 16.3. The fourth-order valence-corrected chi connectivity index (χ4v) is 9.30. The molecule has 0 amide bonds. The van der Waals surface area contributed by atoms with Crippen LogP contribution in [0.15, 0.2) is 138 Å². The molecule has 16 radical (unpaired) electrons. The highest BCUT2D eigenvalue weighted by molar-refractivity contribution is 6.71. The molecule has 0 unspecified atom stereocenters. The molecule has 10 aromatic carbocycles. The molecule has 0 N–H and O–H groups in total. The molecule has 0 spiro atoms. The maximum absolute atomic E-state index is 7.06. The average Bonchev–Trinajstić information content (AvgIpc) is 3.66. The Kier molecular flexibility index (Phi) is 8.02. The van der Waals surface area contributed by atoms with Gasteiger partial charge in [0.1, 0.15) is 73.9 Å². The molecule has 0 saturated heterocycles. The van der Waals surface area contributed by atoms with Gasteiger partial charge in [0.2, 0.25) is 0 Å². The molecule has 252 valence electrons. The first kappa shape index (κ1) is 35.9. The van der Waals surface area contributed by atoms with Crippen LogP contribution in [-0.2, 0) is 0 Å². The molecule has 0 aliphatic carbocycles. The summed E-state index contributed by atoms with van der Waals surface area (Å²) in [5.74, 6) is 0. The molecular formula is C50H22B8O. The van der Waals surface area contributed by atoms with Gasteiger partial charge in [-0.3, -0.25) is 0 Å². The average molecular weight is 725 g/mol. The summed E-state index contributed by atoms with van der Waals surface area (Å²) in [7, 11) is 54.9. The van der Waals surface area contributed by atoms with Crippen molar-refractivity contribution in [2.24, 2.45) is 0 Å². The number of hydrogen-bond donors (Lipinski definition) is 0. The summed E-state index contributed by atoms with van der Waals surface area (Å²) in [5.41, 5.74) is 8.16. The molecule has 0 atom stereocenters. The SMILES string of the molecule is [B]c1c([B])c([B])c2c(-c3ccc4oc5c6ccccc6ccc5c4c3)c3c([B])c([B])c([B])c([B])c3c(-c3ccc(-c4cccc5ccc6ccccc6c45)cc3)c2c1[B]. The predicted molar refractivity (Wildman–Crippen MR) is 261 cm³/mol. The van der Waals surface area contributed by atoms with Crippen LogP contribution >= 0.6 is 0 Å². The Hall–Kier alpha value is -6.18. The molecule has 9 heteroatoms. The molecule has 1 nitrogen and oxygen atoms in total. The van der Waals surface area contributed by atoms with Gasteiger partial charge < -0.3 is 4.42 Å². The lowest BCUT2D eigenvalue weighted by Gasteiger charge is -2.28. The Morgan fingerprint density at radius 2 is 0.780 bits per heavy atom. The maximum Gasteiger partial charge on any atom is 0.143 e. The molecular weight excluding hydrogens is 703 g/mol. The first-order valence-corrected chi connectivity index (χ1v) is 19.2. The van der Waals surface area contributed by atoms with Gasteiger partial charge in [-0.25, -0.2) is 0 Å². The highest BCUT2D eigenvalue weighted by Gasteiger charge is 2.25. The minimum atomic E-state index is 0.163. The van der Waals surface area contributed by atoms with Gasteiger partial charge >= 0.3 is 0 Å². The maximum atomic E-state index is 7.06. The smallest absolute Gasteiger partial charge is 0.143 e. The van der Waals surface area contributed by atoms with Crippen molar-refractivity contribution in [1.82, 2.24) is 0 Å². The number of rotatable bonds is 3. The first-order chi connectivity index (χ1) is 28.6. The van der Waals surface area contributed by atoms with Crippen molar-refractivity contribution >= 4 is 182 Å². The van der Waals surface area contributed by atoms with Crippen LogP contribution in [0.25, 0.3) is 109 Å². The van der Waals surface area contributed by atoms with E-state index < -0.39 is 0 Å². The van der Waals surface area contributed by atoms with Gasteiger partial charge in [-0.2, -0.15) is 0 Å². The van der Waals surface area contributed by atoms with Crippen molar-refractivity contribution in [3.8, 4) is 33.4 Å². The van der Waals surface area contributed by atoms with Crippen LogP contribution < -0.4 is 43.7 Å². The standard InChI is InChI=1S/C50H22B8O/c51-42-38-36(27-16-13-25(14-17-27)30-11-5-8-26-15-12-23-6-1-3-9-29(23)35(26)30)39-41(45(54)49(58)47(56)43(39)52)37(40(38)44(53)48(57)46(42)55)28-19-21-34-33(22-28)32-20-18-24-7-2-4-10-31(24)50(32)59-34/h1-22H. The summed E-state index contributed by atoms with van der Waals surface area (Å²) in [6.45, 7) is 0. The lowest BCUT2D eigenvalue weighted by molar-refractivity contribution is 0.672. The number of hydrogen-bond acceptors (Lipinski definition) is 1. The summed E-state index contributed by atoms with van der Waals surface area (Å²) < 4.78 is 6.49. The number of benzene rings is 10. The van der Waals surface area contributed by atoms with E-state index in [1.165, 1.54) is 16.2 Å². The lowest BCUT2D eigenvalue weighted by Crippen LogP contribution is -2.50. The van der Waals surface area contributed by atoms with Gasteiger partial charge in [-0.15, -0.1) is 21.9 Å². The summed E-state index contributed by atoms with van der Waals surface area (Å²) in [4.78, 5) is 0. The van der Waals surface area contributed by atoms with Gasteiger partial charge in [-0.1, -0.05) is 137 Å². The fourth-order valence-electron chi connectivity index (χ4n) is 9.30. The van der Waals surface area contributed by atoms with E-state index in [4.69, 9.17) is 67.2 Å². The Labute approximate surface area is 351 Å². The molecule has 0 fully saturated rings. The second kappa shape index (κ2) is 13.2. The Morgan fingerprint density at radius 1 is 0.305 bits per heavy atom. The monoisotopic (exact) mass is 726 g/mol. The summed E-state index contributed by atoms with van der Waals surface area (Å²) in [6, 6.07) is 45.7. The molecule has 11 aromatic rings. The van der Waals surface area contributed by atoms with Gasteiger partial charge in [-0.05, 0) is 100 Å². The quantitative estimate of drug-likeness (QED) is 0.146. The van der Waals surface area contributed by atoms with E-state index in [0.717, 1.165) is 60.4 Å². The third-order valence-corrected chi connectivity index (χ3v) is 12.2. The second-order valence-corrected chi connectivity index (χ2v) is 15.3. The van der Waals surface area contributed by atoms with E-state index in [2.05, 4.69) is 97.1 Å². The van der Waals surface area contributed by atoms with Gasteiger partial charge in [0.05, 0.1) is 0 Å². The van der Waals surface area contributed by atoms with Crippen LogP contribution in [0.1, 0.15) is 0 Å². The van der Waals surface area contributed by atoms with E-state index in [0.29, 0.717) is 32.7 Å². The van der Waals surface area contributed by atoms with Crippen molar-refractivity contribution in [2.45, 2.75) is 0 Å². The van der Waals surface area contributed by atoms with Crippen molar-refractivity contribution in [2.75, 3.05) is 0 Å². The number of fused-ring (bicyclic) bond motifs is 10. The van der Waals surface area contributed by atoms with E-state index >= 15 is 0 Å².